The first-order valence-electron chi connectivity index (χ1n) is 5.22. The Balaban J connectivity index is 2.14. The van der Waals surface area contributed by atoms with Gasteiger partial charge in [-0.15, -0.1) is 0 Å². The summed E-state index contributed by atoms with van der Waals surface area (Å²) in [6.45, 7) is 3.33. The molecule has 0 aromatic heterocycles. The number of nitrogens with one attached hydrogen (secondary N) is 1. The summed E-state index contributed by atoms with van der Waals surface area (Å²) in [7, 11) is 0. The maximum atomic E-state index is 9.66. The van der Waals surface area contributed by atoms with Crippen LogP contribution in [-0.2, 0) is 6.42 Å². The van der Waals surface area contributed by atoms with Gasteiger partial charge in [0.25, 0.3) is 0 Å². The first-order valence-corrected chi connectivity index (χ1v) is 5.22. The molecule has 14 heavy (non-hydrogen) atoms. The second-order valence-electron chi connectivity index (χ2n) is 4.40. The normalized spacial score (nSPS) is 26.6. The summed E-state index contributed by atoms with van der Waals surface area (Å²) < 4.78 is 0. The maximum absolute atomic E-state index is 9.66. The molecule has 1 aromatic rings. The summed E-state index contributed by atoms with van der Waals surface area (Å²) >= 11 is 0. The first-order chi connectivity index (χ1) is 6.70. The molecule has 0 bridgehead atoms. The third-order valence-electron chi connectivity index (χ3n) is 3.03. The Morgan fingerprint density at radius 3 is 2.86 bits per heavy atom. The lowest BCUT2D eigenvalue weighted by Gasteiger charge is -2.24. The number of para-hydroxylation sites is 1. The van der Waals surface area contributed by atoms with E-state index >= 15 is 0 Å². The summed E-state index contributed by atoms with van der Waals surface area (Å²) in [5.41, 5.74) is 1.23. The van der Waals surface area contributed by atoms with Crippen molar-refractivity contribution < 1.29 is 5.11 Å². The highest BCUT2D eigenvalue weighted by Crippen LogP contribution is 2.27. The van der Waals surface area contributed by atoms with E-state index in [1.54, 1.807) is 6.07 Å². The van der Waals surface area contributed by atoms with E-state index in [1.807, 2.05) is 18.2 Å². The molecule has 0 radical (unpaired) electrons. The quantitative estimate of drug-likeness (QED) is 0.750. The van der Waals surface area contributed by atoms with Gasteiger partial charge in [0, 0.05) is 5.54 Å². The van der Waals surface area contributed by atoms with E-state index in [-0.39, 0.29) is 5.54 Å². The minimum atomic E-state index is 0.179. The number of phenols is 1. The number of hydrogen-bond acceptors (Lipinski definition) is 2. The van der Waals surface area contributed by atoms with E-state index in [1.165, 1.54) is 12.8 Å². The molecule has 1 atom stereocenters. The zero-order valence-electron chi connectivity index (χ0n) is 8.59. The van der Waals surface area contributed by atoms with Crippen molar-refractivity contribution in [2.24, 2.45) is 0 Å². The van der Waals surface area contributed by atoms with Crippen LogP contribution in [0.15, 0.2) is 24.3 Å². The van der Waals surface area contributed by atoms with Gasteiger partial charge in [0.2, 0.25) is 0 Å². The van der Waals surface area contributed by atoms with Gasteiger partial charge in [0.15, 0.2) is 0 Å². The molecular formula is C12H17NO. The summed E-state index contributed by atoms with van der Waals surface area (Å²) in [5, 5.41) is 13.2. The molecule has 2 heteroatoms. The molecule has 0 aliphatic carbocycles. The van der Waals surface area contributed by atoms with E-state index in [0.717, 1.165) is 18.5 Å². The lowest BCUT2D eigenvalue weighted by atomic mass is 9.91. The van der Waals surface area contributed by atoms with Gasteiger partial charge in [-0.05, 0) is 44.4 Å². The van der Waals surface area contributed by atoms with E-state index in [9.17, 15) is 5.11 Å². The van der Waals surface area contributed by atoms with Crippen molar-refractivity contribution in [3.05, 3.63) is 29.8 Å². The fourth-order valence-corrected chi connectivity index (χ4v) is 2.19. The number of hydrogen-bond donors (Lipinski definition) is 2. The van der Waals surface area contributed by atoms with Gasteiger partial charge in [-0.1, -0.05) is 18.2 Å². The van der Waals surface area contributed by atoms with E-state index < -0.39 is 0 Å². The summed E-state index contributed by atoms with van der Waals surface area (Å²) in [5.74, 6) is 0.419. The lowest BCUT2D eigenvalue weighted by molar-refractivity contribution is 0.398. The third kappa shape index (κ3) is 1.90. The molecule has 2 N–H and O–H groups in total. The van der Waals surface area contributed by atoms with Crippen LogP contribution in [0.5, 0.6) is 5.75 Å². The van der Waals surface area contributed by atoms with Crippen molar-refractivity contribution in [1.82, 2.24) is 5.32 Å². The van der Waals surface area contributed by atoms with Crippen LogP contribution in [-0.4, -0.2) is 17.2 Å². The smallest absolute Gasteiger partial charge is 0.118 e. The van der Waals surface area contributed by atoms with Crippen molar-refractivity contribution in [3.63, 3.8) is 0 Å². The second-order valence-corrected chi connectivity index (χ2v) is 4.40. The number of phenolic OH excluding ortho intramolecular Hbond substituents is 1. The van der Waals surface area contributed by atoms with Crippen LogP contribution in [0.1, 0.15) is 25.3 Å². The zero-order valence-corrected chi connectivity index (χ0v) is 8.59. The van der Waals surface area contributed by atoms with E-state index in [0.29, 0.717) is 5.75 Å². The Hall–Kier alpha value is -1.02. The molecule has 76 valence electrons. The zero-order chi connectivity index (χ0) is 10.0. The summed E-state index contributed by atoms with van der Waals surface area (Å²) in [4.78, 5) is 0. The van der Waals surface area contributed by atoms with Gasteiger partial charge in [-0.25, -0.2) is 0 Å². The van der Waals surface area contributed by atoms with Crippen LogP contribution in [0.3, 0.4) is 0 Å². The Morgan fingerprint density at radius 1 is 1.43 bits per heavy atom. The first kappa shape index (κ1) is 9.53. The molecule has 1 aliphatic heterocycles. The van der Waals surface area contributed by atoms with Gasteiger partial charge in [0.1, 0.15) is 5.75 Å². The van der Waals surface area contributed by atoms with Crippen LogP contribution in [0.25, 0.3) is 0 Å². The predicted molar refractivity (Wildman–Crippen MR) is 57.5 cm³/mol. The Labute approximate surface area is 85.0 Å². The Bertz CT molecular complexity index is 316. The molecule has 0 amide bonds. The number of rotatable bonds is 2. The number of benzene rings is 1. The molecule has 1 aromatic carbocycles. The largest absolute Gasteiger partial charge is 0.508 e. The fraction of sp³-hybridized carbons (Fsp3) is 0.500. The third-order valence-corrected chi connectivity index (χ3v) is 3.03. The molecule has 1 heterocycles. The topological polar surface area (TPSA) is 32.3 Å². The van der Waals surface area contributed by atoms with Gasteiger partial charge >= 0.3 is 0 Å². The SMILES string of the molecule is CC1(Cc2ccccc2O)CCCN1. The van der Waals surface area contributed by atoms with Crippen LogP contribution < -0.4 is 5.32 Å². The molecule has 1 aliphatic rings. The summed E-state index contributed by atoms with van der Waals surface area (Å²) in [6, 6.07) is 7.60. The Kier molecular flexibility index (Phi) is 2.46. The minimum absolute atomic E-state index is 0.179. The van der Waals surface area contributed by atoms with Crippen molar-refractivity contribution in [2.75, 3.05) is 6.54 Å². The van der Waals surface area contributed by atoms with Crippen molar-refractivity contribution >= 4 is 0 Å². The second kappa shape index (κ2) is 3.62. The molecule has 2 rings (SSSR count). The molecule has 1 saturated heterocycles. The van der Waals surface area contributed by atoms with Crippen LogP contribution >= 0.6 is 0 Å². The highest BCUT2D eigenvalue weighted by Gasteiger charge is 2.28. The molecular weight excluding hydrogens is 174 g/mol. The van der Waals surface area contributed by atoms with Crippen molar-refractivity contribution in [2.45, 2.75) is 31.7 Å². The maximum Gasteiger partial charge on any atom is 0.118 e. The molecule has 2 nitrogen and oxygen atoms in total. The van der Waals surface area contributed by atoms with Gasteiger partial charge in [-0.2, -0.15) is 0 Å². The van der Waals surface area contributed by atoms with Gasteiger partial charge in [0.05, 0.1) is 0 Å². The van der Waals surface area contributed by atoms with E-state index in [2.05, 4.69) is 12.2 Å². The van der Waals surface area contributed by atoms with Crippen LogP contribution in [0, 0.1) is 0 Å². The average molecular weight is 191 g/mol. The fourth-order valence-electron chi connectivity index (χ4n) is 2.19. The van der Waals surface area contributed by atoms with Crippen LogP contribution in [0.4, 0.5) is 0 Å². The standard InChI is InChI=1S/C12H17NO/c1-12(7-4-8-13-12)9-10-5-2-3-6-11(10)14/h2-3,5-6,13-14H,4,7-9H2,1H3. The highest BCUT2D eigenvalue weighted by molar-refractivity contribution is 5.33. The molecule has 1 unspecified atom stereocenters. The van der Waals surface area contributed by atoms with Gasteiger partial charge < -0.3 is 10.4 Å². The average Bonchev–Trinajstić information content (AvgIpc) is 2.57. The van der Waals surface area contributed by atoms with E-state index in [4.69, 9.17) is 0 Å². The van der Waals surface area contributed by atoms with Crippen molar-refractivity contribution in [3.8, 4) is 5.75 Å². The molecule has 0 saturated carbocycles. The molecule has 0 spiro atoms. The lowest BCUT2D eigenvalue weighted by Crippen LogP contribution is -2.38. The predicted octanol–water partition coefficient (Wildman–Crippen LogP) is 2.08. The monoisotopic (exact) mass is 191 g/mol. The minimum Gasteiger partial charge on any atom is -0.508 e. The summed E-state index contributed by atoms with van der Waals surface area (Å²) in [6.07, 6.45) is 3.35. The highest BCUT2D eigenvalue weighted by atomic mass is 16.3. The van der Waals surface area contributed by atoms with Gasteiger partial charge in [-0.3, -0.25) is 0 Å². The Morgan fingerprint density at radius 2 is 2.21 bits per heavy atom. The number of aromatic hydroxyl groups is 1. The molecule has 1 fully saturated rings. The van der Waals surface area contributed by atoms with Crippen LogP contribution in [0.2, 0.25) is 0 Å². The van der Waals surface area contributed by atoms with Crippen molar-refractivity contribution in [1.29, 1.82) is 0 Å².